The highest BCUT2D eigenvalue weighted by Gasteiger charge is 2.45. The minimum atomic E-state index is -0.241. The highest BCUT2D eigenvalue weighted by atomic mass is 16.1. The topological polar surface area (TPSA) is 69.1 Å². The summed E-state index contributed by atoms with van der Waals surface area (Å²) in [6.45, 7) is 0. The number of amides is 1. The van der Waals surface area contributed by atoms with Gasteiger partial charge in [-0.2, -0.15) is 0 Å². The molecule has 3 heteroatoms. The van der Waals surface area contributed by atoms with Gasteiger partial charge in [-0.15, -0.1) is 0 Å². The van der Waals surface area contributed by atoms with Crippen LogP contribution in [0.5, 0.6) is 0 Å². The van der Waals surface area contributed by atoms with Crippen LogP contribution in [0.2, 0.25) is 0 Å². The minimum absolute atomic E-state index is 0.0255. The van der Waals surface area contributed by atoms with Gasteiger partial charge in [0.05, 0.1) is 5.92 Å². The lowest BCUT2D eigenvalue weighted by Crippen LogP contribution is -2.41. The van der Waals surface area contributed by atoms with E-state index >= 15 is 0 Å². The van der Waals surface area contributed by atoms with Crippen LogP contribution in [-0.4, -0.2) is 11.9 Å². The number of fused-ring (bicyclic) bond motifs is 2. The maximum Gasteiger partial charge on any atom is 0.222 e. The number of nitrogens with two attached hydrogens (primary N) is 2. The summed E-state index contributed by atoms with van der Waals surface area (Å²) in [6, 6.07) is -0.0255. The van der Waals surface area contributed by atoms with E-state index in [0.717, 1.165) is 6.42 Å². The van der Waals surface area contributed by atoms with Crippen molar-refractivity contribution in [2.24, 2.45) is 29.2 Å². The SMILES string of the molecule is NC(=O)[C@H]1[C@@H](N)[C@@H]2C=C[C@H]1C2. The Morgan fingerprint density at radius 1 is 1.36 bits per heavy atom. The fraction of sp³-hybridized carbons (Fsp3) is 0.625. The largest absolute Gasteiger partial charge is 0.369 e. The molecule has 0 unspecified atom stereocenters. The predicted molar refractivity (Wildman–Crippen MR) is 41.4 cm³/mol. The molecule has 4 N–H and O–H groups in total. The van der Waals surface area contributed by atoms with Crippen LogP contribution in [0, 0.1) is 17.8 Å². The molecule has 0 aromatic heterocycles. The van der Waals surface area contributed by atoms with Gasteiger partial charge >= 0.3 is 0 Å². The number of carbonyl (C=O) groups is 1. The number of allylic oxidation sites excluding steroid dienone is 1. The highest BCUT2D eigenvalue weighted by molar-refractivity contribution is 5.79. The van der Waals surface area contributed by atoms with Crippen LogP contribution in [0.15, 0.2) is 12.2 Å². The molecule has 0 radical (unpaired) electrons. The number of hydrogen-bond acceptors (Lipinski definition) is 2. The van der Waals surface area contributed by atoms with Crippen LogP contribution in [0.3, 0.4) is 0 Å². The first-order valence-corrected chi connectivity index (χ1v) is 3.93. The second-order valence-corrected chi connectivity index (χ2v) is 3.45. The molecule has 60 valence electrons. The Morgan fingerprint density at radius 2 is 2.00 bits per heavy atom. The zero-order valence-corrected chi connectivity index (χ0v) is 6.23. The van der Waals surface area contributed by atoms with E-state index in [1.165, 1.54) is 0 Å². The Hall–Kier alpha value is -0.830. The smallest absolute Gasteiger partial charge is 0.222 e. The second kappa shape index (κ2) is 2.08. The Labute approximate surface area is 65.4 Å². The summed E-state index contributed by atoms with van der Waals surface area (Å²) in [4.78, 5) is 10.9. The van der Waals surface area contributed by atoms with Crippen molar-refractivity contribution in [2.45, 2.75) is 12.5 Å². The molecule has 0 heterocycles. The van der Waals surface area contributed by atoms with Crippen molar-refractivity contribution in [1.29, 1.82) is 0 Å². The predicted octanol–water partition coefficient (Wildman–Crippen LogP) is -0.379. The molecule has 0 aliphatic heterocycles. The van der Waals surface area contributed by atoms with E-state index in [4.69, 9.17) is 11.5 Å². The molecule has 2 bridgehead atoms. The highest BCUT2D eigenvalue weighted by Crippen LogP contribution is 2.42. The van der Waals surface area contributed by atoms with Gasteiger partial charge in [-0.1, -0.05) is 12.2 Å². The van der Waals surface area contributed by atoms with Crippen molar-refractivity contribution in [3.8, 4) is 0 Å². The number of hydrogen-bond donors (Lipinski definition) is 2. The molecule has 2 aliphatic rings. The molecule has 0 aromatic rings. The van der Waals surface area contributed by atoms with Crippen molar-refractivity contribution < 1.29 is 4.79 Å². The average molecular weight is 152 g/mol. The van der Waals surface area contributed by atoms with E-state index in [9.17, 15) is 4.79 Å². The van der Waals surface area contributed by atoms with Crippen LogP contribution in [0.1, 0.15) is 6.42 Å². The van der Waals surface area contributed by atoms with Gasteiger partial charge < -0.3 is 11.5 Å². The van der Waals surface area contributed by atoms with Crippen molar-refractivity contribution in [1.82, 2.24) is 0 Å². The fourth-order valence-electron chi connectivity index (χ4n) is 2.26. The van der Waals surface area contributed by atoms with Crippen molar-refractivity contribution in [2.75, 3.05) is 0 Å². The monoisotopic (exact) mass is 152 g/mol. The van der Waals surface area contributed by atoms with Crippen LogP contribution in [-0.2, 0) is 4.79 Å². The van der Waals surface area contributed by atoms with Crippen molar-refractivity contribution in [3.63, 3.8) is 0 Å². The first-order chi connectivity index (χ1) is 5.20. The van der Waals surface area contributed by atoms with E-state index in [1.54, 1.807) is 0 Å². The number of carbonyl (C=O) groups excluding carboxylic acids is 1. The van der Waals surface area contributed by atoms with Gasteiger partial charge in [0.1, 0.15) is 0 Å². The number of primary amides is 1. The summed E-state index contributed by atoms with van der Waals surface area (Å²) in [6.07, 6.45) is 5.20. The first-order valence-electron chi connectivity index (χ1n) is 3.93. The summed E-state index contributed by atoms with van der Waals surface area (Å²) in [5.74, 6) is 0.379. The Balaban J connectivity index is 2.25. The summed E-state index contributed by atoms with van der Waals surface area (Å²) in [5.41, 5.74) is 11.0. The molecule has 11 heavy (non-hydrogen) atoms. The molecule has 4 atom stereocenters. The zero-order chi connectivity index (χ0) is 8.01. The number of rotatable bonds is 1. The van der Waals surface area contributed by atoms with Crippen LogP contribution in [0.4, 0.5) is 0 Å². The van der Waals surface area contributed by atoms with Gasteiger partial charge in [0.2, 0.25) is 5.91 Å². The molecule has 3 nitrogen and oxygen atoms in total. The molecule has 1 saturated carbocycles. The van der Waals surface area contributed by atoms with Gasteiger partial charge in [-0.05, 0) is 18.3 Å². The third kappa shape index (κ3) is 0.807. The molecule has 2 rings (SSSR count). The molecular weight excluding hydrogens is 140 g/mol. The average Bonchev–Trinajstić information content (AvgIpc) is 2.44. The maximum absolute atomic E-state index is 10.9. The standard InChI is InChI=1S/C8H12N2O/c9-7-5-2-1-4(3-5)6(7)8(10)11/h1-2,4-7H,3,9H2,(H2,10,11)/t4-,5+,6+,7-/m0/s1. The normalized spacial score (nSPS) is 46.6. The van der Waals surface area contributed by atoms with E-state index in [-0.39, 0.29) is 17.9 Å². The van der Waals surface area contributed by atoms with Gasteiger partial charge in [0.15, 0.2) is 0 Å². The molecular formula is C8H12N2O. The van der Waals surface area contributed by atoms with Crippen LogP contribution in [0.25, 0.3) is 0 Å². The maximum atomic E-state index is 10.9. The van der Waals surface area contributed by atoms with E-state index < -0.39 is 0 Å². The summed E-state index contributed by atoms with van der Waals surface area (Å²) < 4.78 is 0. The Morgan fingerprint density at radius 3 is 2.36 bits per heavy atom. The van der Waals surface area contributed by atoms with Crippen molar-refractivity contribution in [3.05, 3.63) is 12.2 Å². The third-order valence-electron chi connectivity index (χ3n) is 2.85. The van der Waals surface area contributed by atoms with E-state index in [1.807, 2.05) is 0 Å². The lowest BCUT2D eigenvalue weighted by atomic mass is 9.89. The Kier molecular flexibility index (Phi) is 1.29. The molecule has 0 saturated heterocycles. The summed E-state index contributed by atoms with van der Waals surface area (Å²) >= 11 is 0. The zero-order valence-electron chi connectivity index (χ0n) is 6.23. The van der Waals surface area contributed by atoms with Crippen LogP contribution >= 0.6 is 0 Å². The van der Waals surface area contributed by atoms with E-state index in [0.29, 0.717) is 11.8 Å². The second-order valence-electron chi connectivity index (χ2n) is 3.45. The Bertz CT molecular complexity index is 224. The van der Waals surface area contributed by atoms with Gasteiger partial charge in [0, 0.05) is 6.04 Å². The lowest BCUT2D eigenvalue weighted by Gasteiger charge is -2.20. The van der Waals surface area contributed by atoms with Gasteiger partial charge in [-0.25, -0.2) is 0 Å². The molecule has 0 spiro atoms. The van der Waals surface area contributed by atoms with Crippen molar-refractivity contribution >= 4 is 5.91 Å². The fourth-order valence-corrected chi connectivity index (χ4v) is 2.26. The third-order valence-corrected chi connectivity index (χ3v) is 2.85. The molecule has 0 aromatic carbocycles. The summed E-state index contributed by atoms with van der Waals surface area (Å²) in [5, 5.41) is 0. The van der Waals surface area contributed by atoms with Gasteiger partial charge in [-0.3, -0.25) is 4.79 Å². The molecule has 1 amide bonds. The van der Waals surface area contributed by atoms with Gasteiger partial charge in [0.25, 0.3) is 0 Å². The molecule has 2 aliphatic carbocycles. The van der Waals surface area contributed by atoms with E-state index in [2.05, 4.69) is 12.2 Å². The molecule has 1 fully saturated rings. The first kappa shape index (κ1) is 6.85. The quantitative estimate of drug-likeness (QED) is 0.503. The minimum Gasteiger partial charge on any atom is -0.369 e. The van der Waals surface area contributed by atoms with Crippen LogP contribution < -0.4 is 11.5 Å². The summed E-state index contributed by atoms with van der Waals surface area (Å²) in [7, 11) is 0. The lowest BCUT2D eigenvalue weighted by molar-refractivity contribution is -0.122.